The first-order chi connectivity index (χ1) is 12.0. The van der Waals surface area contributed by atoms with E-state index in [1.54, 1.807) is 0 Å². The molecule has 3 amide bonds. The van der Waals surface area contributed by atoms with Gasteiger partial charge in [-0.2, -0.15) is 0 Å². The van der Waals surface area contributed by atoms with E-state index in [-0.39, 0.29) is 12.5 Å². The van der Waals surface area contributed by atoms with Gasteiger partial charge in [-0.25, -0.2) is 4.79 Å². The van der Waals surface area contributed by atoms with Crippen molar-refractivity contribution in [3.8, 4) is 0 Å². The second kappa shape index (κ2) is 7.49. The number of rotatable bonds is 3. The van der Waals surface area contributed by atoms with Gasteiger partial charge in [0.1, 0.15) is 0 Å². The van der Waals surface area contributed by atoms with Crippen LogP contribution in [-0.4, -0.2) is 29.9 Å². The maximum absolute atomic E-state index is 12.1. The van der Waals surface area contributed by atoms with Gasteiger partial charge in [0.2, 0.25) is 5.91 Å². The van der Waals surface area contributed by atoms with Crippen LogP contribution in [0.2, 0.25) is 0 Å². The van der Waals surface area contributed by atoms with E-state index in [0.717, 1.165) is 30.6 Å². The lowest BCUT2D eigenvalue weighted by molar-refractivity contribution is -0.121. The molecule has 0 aliphatic carbocycles. The van der Waals surface area contributed by atoms with Crippen LogP contribution in [0, 0.1) is 13.8 Å². The van der Waals surface area contributed by atoms with Crippen LogP contribution < -0.4 is 10.6 Å². The van der Waals surface area contributed by atoms with Crippen LogP contribution in [-0.2, 0) is 17.8 Å². The van der Waals surface area contributed by atoms with Crippen LogP contribution >= 0.6 is 0 Å². The molecule has 5 heteroatoms. The number of nitrogens with zero attached hydrogens (tertiary/aromatic N) is 1. The minimum Gasteiger partial charge on any atom is -0.307 e. The van der Waals surface area contributed by atoms with Crippen molar-refractivity contribution >= 4 is 17.6 Å². The van der Waals surface area contributed by atoms with E-state index in [4.69, 9.17) is 0 Å². The molecule has 2 aromatic rings. The molecule has 3 rings (SSSR count). The quantitative estimate of drug-likeness (QED) is 0.905. The highest BCUT2D eigenvalue weighted by molar-refractivity contribution is 6.02. The molecular weight excluding hydrogens is 314 g/mol. The summed E-state index contributed by atoms with van der Waals surface area (Å²) < 4.78 is 0. The standard InChI is InChI=1S/C20H23N3O2/c1-14-7-8-18(15(2)11-14)21-20(25)22-19(24)13-23-10-9-16-5-3-4-6-17(16)12-23/h3-8,11H,9-10,12-13H2,1-2H3,(H2,21,22,24,25). The number of carbonyl (C=O) groups is 2. The second-order valence-corrected chi connectivity index (χ2v) is 6.55. The fourth-order valence-corrected chi connectivity index (χ4v) is 3.17. The number of amides is 3. The zero-order valence-electron chi connectivity index (χ0n) is 14.6. The van der Waals surface area contributed by atoms with E-state index < -0.39 is 6.03 Å². The van der Waals surface area contributed by atoms with Gasteiger partial charge in [-0.3, -0.25) is 15.0 Å². The average Bonchev–Trinajstić information content (AvgIpc) is 2.57. The molecule has 1 heterocycles. The number of benzene rings is 2. The van der Waals surface area contributed by atoms with E-state index in [0.29, 0.717) is 5.69 Å². The third kappa shape index (κ3) is 4.45. The Kier molecular flexibility index (Phi) is 5.14. The Morgan fingerprint density at radius 2 is 1.84 bits per heavy atom. The molecule has 130 valence electrons. The van der Waals surface area contributed by atoms with Crippen molar-refractivity contribution < 1.29 is 9.59 Å². The van der Waals surface area contributed by atoms with Gasteiger partial charge in [0.25, 0.3) is 0 Å². The molecular formula is C20H23N3O2. The number of carbonyl (C=O) groups excluding carboxylic acids is 2. The average molecular weight is 337 g/mol. The van der Waals surface area contributed by atoms with Crippen LogP contribution in [0.5, 0.6) is 0 Å². The van der Waals surface area contributed by atoms with Crippen molar-refractivity contribution in [2.24, 2.45) is 0 Å². The number of aryl methyl sites for hydroxylation is 2. The molecule has 0 aromatic heterocycles. The molecule has 0 bridgehead atoms. The maximum Gasteiger partial charge on any atom is 0.325 e. The molecule has 0 unspecified atom stereocenters. The summed E-state index contributed by atoms with van der Waals surface area (Å²) in [6.45, 7) is 5.70. The third-order valence-electron chi connectivity index (χ3n) is 4.46. The van der Waals surface area contributed by atoms with Crippen LogP contribution in [0.1, 0.15) is 22.3 Å². The smallest absolute Gasteiger partial charge is 0.307 e. The lowest BCUT2D eigenvalue weighted by Gasteiger charge is -2.27. The normalized spacial score (nSPS) is 13.8. The minimum atomic E-state index is -0.491. The molecule has 0 saturated heterocycles. The molecule has 2 aromatic carbocycles. The number of nitrogens with one attached hydrogen (secondary N) is 2. The first kappa shape index (κ1) is 17.2. The first-order valence-corrected chi connectivity index (χ1v) is 8.48. The molecule has 0 fully saturated rings. The summed E-state index contributed by atoms with van der Waals surface area (Å²) in [5.74, 6) is -0.290. The largest absolute Gasteiger partial charge is 0.325 e. The Morgan fingerprint density at radius 1 is 1.08 bits per heavy atom. The number of urea groups is 1. The van der Waals surface area contributed by atoms with Crippen molar-refractivity contribution in [2.45, 2.75) is 26.8 Å². The lowest BCUT2D eigenvalue weighted by Crippen LogP contribution is -2.43. The topological polar surface area (TPSA) is 61.4 Å². The SMILES string of the molecule is Cc1ccc(NC(=O)NC(=O)CN2CCc3ccccc3C2)c(C)c1. The van der Waals surface area contributed by atoms with Crippen LogP contribution in [0.4, 0.5) is 10.5 Å². The van der Waals surface area contributed by atoms with E-state index in [9.17, 15) is 9.59 Å². The van der Waals surface area contributed by atoms with Gasteiger partial charge in [-0.1, -0.05) is 42.0 Å². The fourth-order valence-electron chi connectivity index (χ4n) is 3.17. The summed E-state index contributed by atoms with van der Waals surface area (Å²) in [5, 5.41) is 5.14. The van der Waals surface area contributed by atoms with E-state index in [1.807, 2.05) is 44.2 Å². The van der Waals surface area contributed by atoms with E-state index in [1.165, 1.54) is 11.1 Å². The summed E-state index contributed by atoms with van der Waals surface area (Å²) >= 11 is 0. The predicted molar refractivity (Wildman–Crippen MR) is 98.5 cm³/mol. The number of hydrogen-bond acceptors (Lipinski definition) is 3. The van der Waals surface area contributed by atoms with Gasteiger partial charge in [0.05, 0.1) is 6.54 Å². The molecule has 5 nitrogen and oxygen atoms in total. The number of fused-ring (bicyclic) bond motifs is 1. The molecule has 1 aliphatic rings. The minimum absolute atomic E-state index is 0.217. The molecule has 0 radical (unpaired) electrons. The molecule has 0 atom stereocenters. The Bertz CT molecular complexity index is 801. The molecule has 2 N–H and O–H groups in total. The van der Waals surface area contributed by atoms with Crippen LogP contribution in [0.15, 0.2) is 42.5 Å². The zero-order valence-corrected chi connectivity index (χ0v) is 14.6. The van der Waals surface area contributed by atoms with E-state index in [2.05, 4.69) is 27.7 Å². The fraction of sp³-hybridized carbons (Fsp3) is 0.300. The first-order valence-electron chi connectivity index (χ1n) is 8.48. The Hall–Kier alpha value is -2.66. The van der Waals surface area contributed by atoms with Crippen molar-refractivity contribution in [1.82, 2.24) is 10.2 Å². The summed E-state index contributed by atoms with van der Waals surface area (Å²) in [6.07, 6.45) is 0.929. The van der Waals surface area contributed by atoms with Crippen LogP contribution in [0.25, 0.3) is 0 Å². The summed E-state index contributed by atoms with van der Waals surface area (Å²) in [6, 6.07) is 13.5. The lowest BCUT2D eigenvalue weighted by atomic mass is 10.00. The monoisotopic (exact) mass is 337 g/mol. The van der Waals surface area contributed by atoms with Crippen molar-refractivity contribution in [2.75, 3.05) is 18.4 Å². The van der Waals surface area contributed by atoms with Gasteiger partial charge in [-0.05, 0) is 43.0 Å². The summed E-state index contributed by atoms with van der Waals surface area (Å²) in [7, 11) is 0. The Morgan fingerprint density at radius 3 is 2.60 bits per heavy atom. The van der Waals surface area contributed by atoms with Crippen molar-refractivity contribution in [1.29, 1.82) is 0 Å². The van der Waals surface area contributed by atoms with Crippen LogP contribution in [0.3, 0.4) is 0 Å². The highest BCUT2D eigenvalue weighted by Crippen LogP contribution is 2.18. The van der Waals surface area contributed by atoms with Crippen molar-refractivity contribution in [3.05, 3.63) is 64.7 Å². The number of hydrogen-bond donors (Lipinski definition) is 2. The zero-order chi connectivity index (χ0) is 17.8. The summed E-state index contributed by atoms with van der Waals surface area (Å²) in [4.78, 5) is 26.2. The third-order valence-corrected chi connectivity index (χ3v) is 4.46. The predicted octanol–water partition coefficient (Wildman–Crippen LogP) is 3.01. The highest BCUT2D eigenvalue weighted by atomic mass is 16.2. The Balaban J connectivity index is 1.52. The van der Waals surface area contributed by atoms with Gasteiger partial charge < -0.3 is 5.32 Å². The Labute approximate surface area is 148 Å². The molecule has 1 aliphatic heterocycles. The number of anilines is 1. The molecule has 25 heavy (non-hydrogen) atoms. The summed E-state index contributed by atoms with van der Waals surface area (Å²) in [5.41, 5.74) is 5.40. The molecule has 0 spiro atoms. The van der Waals surface area contributed by atoms with E-state index >= 15 is 0 Å². The maximum atomic E-state index is 12.1. The highest BCUT2D eigenvalue weighted by Gasteiger charge is 2.19. The number of imide groups is 1. The van der Waals surface area contributed by atoms with Gasteiger partial charge in [-0.15, -0.1) is 0 Å². The van der Waals surface area contributed by atoms with Gasteiger partial charge >= 0.3 is 6.03 Å². The molecule has 0 saturated carbocycles. The van der Waals surface area contributed by atoms with Crippen molar-refractivity contribution in [3.63, 3.8) is 0 Å². The van der Waals surface area contributed by atoms with Gasteiger partial charge in [0.15, 0.2) is 0 Å². The second-order valence-electron chi connectivity index (χ2n) is 6.55. The van der Waals surface area contributed by atoms with Gasteiger partial charge in [0, 0.05) is 18.8 Å².